The summed E-state index contributed by atoms with van der Waals surface area (Å²) in [6, 6.07) is 0. The van der Waals surface area contributed by atoms with Gasteiger partial charge in [0.25, 0.3) is 5.91 Å². The minimum atomic E-state index is -0.512. The van der Waals surface area contributed by atoms with Crippen molar-refractivity contribution in [2.75, 3.05) is 5.32 Å². The molecule has 19 heavy (non-hydrogen) atoms. The molecule has 0 aliphatic rings. The first-order valence-corrected chi connectivity index (χ1v) is 5.62. The molecule has 0 atom stereocenters. The number of amides is 2. The van der Waals surface area contributed by atoms with Gasteiger partial charge in [-0.1, -0.05) is 6.92 Å². The largest absolute Gasteiger partial charge is 0.368 e. The Morgan fingerprint density at radius 3 is 2.95 bits per heavy atom. The third-order valence-corrected chi connectivity index (χ3v) is 2.28. The van der Waals surface area contributed by atoms with Gasteiger partial charge >= 0.3 is 0 Å². The van der Waals surface area contributed by atoms with Crippen molar-refractivity contribution in [3.63, 3.8) is 0 Å². The number of anilines is 1. The fourth-order valence-electron chi connectivity index (χ4n) is 1.42. The summed E-state index contributed by atoms with van der Waals surface area (Å²) in [6.45, 7) is 1.85. The molecule has 9 heteroatoms. The highest BCUT2D eigenvalue weighted by Crippen LogP contribution is 2.06. The van der Waals surface area contributed by atoms with Gasteiger partial charge in [-0.3, -0.25) is 19.4 Å². The van der Waals surface area contributed by atoms with Gasteiger partial charge in [0.2, 0.25) is 11.7 Å². The van der Waals surface area contributed by atoms with Crippen molar-refractivity contribution in [3.05, 3.63) is 24.0 Å². The van der Waals surface area contributed by atoms with E-state index in [-0.39, 0.29) is 12.4 Å². The van der Waals surface area contributed by atoms with E-state index in [0.717, 1.165) is 0 Å². The van der Waals surface area contributed by atoms with Crippen molar-refractivity contribution in [3.8, 4) is 0 Å². The van der Waals surface area contributed by atoms with E-state index in [9.17, 15) is 9.59 Å². The number of aromatic amines is 1. The molecule has 9 nitrogen and oxygen atoms in total. The molecule has 2 amide bonds. The van der Waals surface area contributed by atoms with Gasteiger partial charge in [-0.2, -0.15) is 5.10 Å². The molecule has 0 aliphatic carbocycles. The highest BCUT2D eigenvalue weighted by Gasteiger charge is 2.13. The van der Waals surface area contributed by atoms with Crippen molar-refractivity contribution in [2.24, 2.45) is 5.73 Å². The third kappa shape index (κ3) is 3.15. The average molecular weight is 263 g/mol. The van der Waals surface area contributed by atoms with Gasteiger partial charge < -0.3 is 11.1 Å². The van der Waals surface area contributed by atoms with Crippen LogP contribution >= 0.6 is 0 Å². The Morgan fingerprint density at radius 2 is 2.32 bits per heavy atom. The van der Waals surface area contributed by atoms with Crippen molar-refractivity contribution >= 4 is 17.5 Å². The molecule has 0 saturated carbocycles. The summed E-state index contributed by atoms with van der Waals surface area (Å²) in [4.78, 5) is 26.5. The number of nitrogens with zero attached hydrogens (tertiary/aromatic N) is 4. The van der Waals surface area contributed by atoms with Crippen molar-refractivity contribution < 1.29 is 9.59 Å². The second-order valence-electron chi connectivity index (χ2n) is 3.81. The van der Waals surface area contributed by atoms with Crippen LogP contribution in [0.5, 0.6) is 0 Å². The van der Waals surface area contributed by atoms with E-state index in [1.807, 2.05) is 6.92 Å². The van der Waals surface area contributed by atoms with Crippen LogP contribution in [-0.4, -0.2) is 36.8 Å². The first kappa shape index (κ1) is 12.7. The lowest BCUT2D eigenvalue weighted by molar-refractivity contribution is -0.118. The minimum absolute atomic E-state index is 0.0451. The lowest BCUT2D eigenvalue weighted by Gasteiger charge is -1.97. The van der Waals surface area contributed by atoms with Crippen LogP contribution in [-0.2, 0) is 17.8 Å². The number of aryl methyl sites for hydroxylation is 1. The van der Waals surface area contributed by atoms with E-state index < -0.39 is 11.8 Å². The van der Waals surface area contributed by atoms with Gasteiger partial charge in [0.1, 0.15) is 12.4 Å². The quantitative estimate of drug-likeness (QED) is 0.656. The van der Waals surface area contributed by atoms with Gasteiger partial charge in [-0.25, -0.2) is 4.98 Å². The maximum absolute atomic E-state index is 11.8. The lowest BCUT2D eigenvalue weighted by Crippen LogP contribution is -2.18. The summed E-state index contributed by atoms with van der Waals surface area (Å²) < 4.78 is 1.33. The molecule has 0 unspecified atom stereocenters. The zero-order valence-electron chi connectivity index (χ0n) is 10.3. The van der Waals surface area contributed by atoms with E-state index >= 15 is 0 Å². The summed E-state index contributed by atoms with van der Waals surface area (Å²) in [5, 5.41) is 12.9. The molecule has 0 fully saturated rings. The van der Waals surface area contributed by atoms with Crippen LogP contribution in [0.1, 0.15) is 23.4 Å². The molecule has 2 aromatic rings. The van der Waals surface area contributed by atoms with E-state index in [4.69, 9.17) is 5.73 Å². The highest BCUT2D eigenvalue weighted by molar-refractivity contribution is 6.01. The molecule has 0 aromatic carbocycles. The van der Waals surface area contributed by atoms with Gasteiger partial charge in [0, 0.05) is 12.6 Å². The Balaban J connectivity index is 2.02. The number of carbonyl (C=O) groups excluding carboxylic acids is 2. The van der Waals surface area contributed by atoms with E-state index in [2.05, 4.69) is 25.6 Å². The second kappa shape index (κ2) is 5.29. The fourth-order valence-corrected chi connectivity index (χ4v) is 1.42. The van der Waals surface area contributed by atoms with Crippen LogP contribution in [0.25, 0.3) is 0 Å². The summed E-state index contributed by atoms with van der Waals surface area (Å²) in [6.07, 6.45) is 3.57. The van der Waals surface area contributed by atoms with Crippen LogP contribution in [0.15, 0.2) is 12.4 Å². The lowest BCUT2D eigenvalue weighted by atomic mass is 10.4. The van der Waals surface area contributed by atoms with E-state index in [1.54, 1.807) is 0 Å². The highest BCUT2D eigenvalue weighted by atomic mass is 16.2. The molecule has 0 spiro atoms. The minimum Gasteiger partial charge on any atom is -0.368 e. The number of nitrogens with one attached hydrogen (secondary N) is 2. The van der Waals surface area contributed by atoms with Crippen LogP contribution in [0.2, 0.25) is 0 Å². The van der Waals surface area contributed by atoms with Crippen LogP contribution in [0.3, 0.4) is 0 Å². The molecular weight excluding hydrogens is 250 g/mol. The Hall–Kier alpha value is -2.71. The Morgan fingerprint density at radius 1 is 1.53 bits per heavy atom. The first-order chi connectivity index (χ1) is 9.08. The number of nitrogens with two attached hydrogens (primary N) is 1. The monoisotopic (exact) mass is 263 g/mol. The zero-order valence-corrected chi connectivity index (χ0v) is 10.3. The molecule has 2 aromatic heterocycles. The summed E-state index contributed by atoms with van der Waals surface area (Å²) >= 11 is 0. The predicted molar refractivity (Wildman–Crippen MR) is 65.1 cm³/mol. The summed E-state index contributed by atoms with van der Waals surface area (Å²) in [5.74, 6) is -0.272. The average Bonchev–Trinajstić information content (AvgIpc) is 2.97. The predicted octanol–water partition coefficient (Wildman–Crippen LogP) is -0.699. The molecule has 2 rings (SSSR count). The number of hydrogen-bond donors (Lipinski definition) is 3. The van der Waals surface area contributed by atoms with Crippen LogP contribution in [0, 0.1) is 0 Å². The summed E-state index contributed by atoms with van der Waals surface area (Å²) in [7, 11) is 0. The number of carbonyl (C=O) groups is 2. The van der Waals surface area contributed by atoms with Crippen LogP contribution < -0.4 is 11.1 Å². The van der Waals surface area contributed by atoms with E-state index in [0.29, 0.717) is 17.9 Å². The normalized spacial score (nSPS) is 10.4. The maximum atomic E-state index is 11.8. The van der Waals surface area contributed by atoms with Gasteiger partial charge in [-0.15, -0.1) is 5.10 Å². The third-order valence-electron chi connectivity index (χ3n) is 2.28. The molecule has 2 heterocycles. The number of hydrogen-bond acceptors (Lipinski definition) is 5. The van der Waals surface area contributed by atoms with Gasteiger partial charge in [0.15, 0.2) is 0 Å². The second-order valence-corrected chi connectivity index (χ2v) is 3.81. The number of H-pyrrole nitrogens is 1. The Labute approximate surface area is 108 Å². The van der Waals surface area contributed by atoms with Crippen LogP contribution in [0.4, 0.5) is 5.69 Å². The van der Waals surface area contributed by atoms with Gasteiger partial charge in [0.05, 0.1) is 11.9 Å². The maximum Gasteiger partial charge on any atom is 0.295 e. The van der Waals surface area contributed by atoms with Crippen molar-refractivity contribution in [1.29, 1.82) is 0 Å². The first-order valence-electron chi connectivity index (χ1n) is 5.62. The standard InChI is InChI=1S/C10H13N7O2/c1-2-8-14-9(16-15-8)10(19)13-6-3-12-17(4-6)5-7(11)18/h3-4H,2,5H2,1H3,(H2,11,18)(H,13,19)(H,14,15,16). The zero-order chi connectivity index (χ0) is 13.8. The van der Waals surface area contributed by atoms with Gasteiger partial charge in [-0.05, 0) is 0 Å². The molecule has 100 valence electrons. The summed E-state index contributed by atoms with van der Waals surface area (Å²) in [5.41, 5.74) is 5.47. The molecule has 0 bridgehead atoms. The van der Waals surface area contributed by atoms with Crippen molar-refractivity contribution in [1.82, 2.24) is 25.0 Å². The molecule has 4 N–H and O–H groups in total. The Kier molecular flexibility index (Phi) is 3.55. The molecule has 0 radical (unpaired) electrons. The smallest absolute Gasteiger partial charge is 0.295 e. The molecular formula is C10H13N7O2. The fraction of sp³-hybridized carbons (Fsp3) is 0.300. The number of rotatable bonds is 5. The SMILES string of the molecule is CCc1nc(C(=O)Nc2cnn(CC(N)=O)c2)n[nH]1. The van der Waals surface area contributed by atoms with Crippen molar-refractivity contribution in [2.45, 2.75) is 19.9 Å². The number of aromatic nitrogens is 5. The van der Waals surface area contributed by atoms with E-state index in [1.165, 1.54) is 17.1 Å². The number of primary amides is 1. The topological polar surface area (TPSA) is 132 Å². The Bertz CT molecular complexity index is 601. The molecule has 0 saturated heterocycles. The molecule has 0 aliphatic heterocycles.